The molecule has 1 aromatic heterocycles. The van der Waals surface area contributed by atoms with E-state index in [0.29, 0.717) is 12.0 Å². The fourth-order valence-corrected chi connectivity index (χ4v) is 4.47. The minimum atomic E-state index is 0.195. The lowest BCUT2D eigenvalue weighted by atomic mass is 10.1. The number of aromatic nitrogens is 2. The summed E-state index contributed by atoms with van der Waals surface area (Å²) in [6.45, 7) is 0. The highest BCUT2D eigenvalue weighted by Gasteiger charge is 2.38. The van der Waals surface area contributed by atoms with Gasteiger partial charge in [0, 0.05) is 27.6 Å². The molecule has 0 radical (unpaired) electrons. The van der Waals surface area contributed by atoms with E-state index in [4.69, 9.17) is 22.0 Å². The van der Waals surface area contributed by atoms with Gasteiger partial charge in [-0.05, 0) is 49.1 Å². The van der Waals surface area contributed by atoms with Crippen molar-refractivity contribution in [3.63, 3.8) is 0 Å². The van der Waals surface area contributed by atoms with Gasteiger partial charge in [-0.25, -0.2) is 0 Å². The van der Waals surface area contributed by atoms with E-state index in [0.717, 1.165) is 27.6 Å². The minimum absolute atomic E-state index is 0.195. The number of nitriles is 1. The zero-order valence-corrected chi connectivity index (χ0v) is 16.2. The number of hydrogen-bond acceptors (Lipinski definition) is 3. The summed E-state index contributed by atoms with van der Waals surface area (Å²) < 4.78 is 2.12. The van der Waals surface area contributed by atoms with Crippen molar-refractivity contribution in [1.82, 2.24) is 9.78 Å². The molecule has 2 atom stereocenters. The molecule has 0 saturated heterocycles. The van der Waals surface area contributed by atoms with Gasteiger partial charge in [0.15, 0.2) is 0 Å². The Morgan fingerprint density at radius 1 is 1.07 bits per heavy atom. The molecule has 2 aliphatic carbocycles. The Morgan fingerprint density at radius 2 is 1.81 bits per heavy atom. The van der Waals surface area contributed by atoms with Crippen LogP contribution < -0.4 is 0 Å². The standard InChI is InChI=1S/C22H18ClN3S/c23-17-5-9-19(10-6-17)27-21-13-26(18-7-8-18)25-22(21)15-3-1-14(2-4-15)20-11-16(20)12-24/h1-6,9-10,13,16,18,20H,7-8,11H2. The van der Waals surface area contributed by atoms with E-state index >= 15 is 0 Å². The number of hydrogen-bond donors (Lipinski definition) is 0. The number of rotatable bonds is 5. The van der Waals surface area contributed by atoms with Gasteiger partial charge >= 0.3 is 0 Å². The Balaban J connectivity index is 1.45. The van der Waals surface area contributed by atoms with E-state index < -0.39 is 0 Å². The fraction of sp³-hybridized carbons (Fsp3) is 0.273. The van der Waals surface area contributed by atoms with Crippen LogP contribution in [0.3, 0.4) is 0 Å². The first-order valence-electron chi connectivity index (χ1n) is 9.24. The van der Waals surface area contributed by atoms with Gasteiger partial charge in [-0.15, -0.1) is 0 Å². The van der Waals surface area contributed by atoms with E-state index in [1.54, 1.807) is 11.8 Å². The summed E-state index contributed by atoms with van der Waals surface area (Å²) in [5, 5.41) is 14.7. The van der Waals surface area contributed by atoms with Gasteiger partial charge in [0.2, 0.25) is 0 Å². The predicted octanol–water partition coefficient (Wildman–Crippen LogP) is 6.32. The smallest absolute Gasteiger partial charge is 0.106 e. The minimum Gasteiger partial charge on any atom is -0.268 e. The van der Waals surface area contributed by atoms with Crippen molar-refractivity contribution < 1.29 is 0 Å². The van der Waals surface area contributed by atoms with Crippen LogP contribution in [0.2, 0.25) is 5.02 Å². The maximum absolute atomic E-state index is 9.05. The molecule has 2 saturated carbocycles. The summed E-state index contributed by atoms with van der Waals surface area (Å²) in [4.78, 5) is 2.32. The van der Waals surface area contributed by atoms with Crippen LogP contribution in [-0.2, 0) is 0 Å². The molecule has 0 amide bonds. The lowest BCUT2D eigenvalue weighted by molar-refractivity contribution is 0.642. The first kappa shape index (κ1) is 16.9. The van der Waals surface area contributed by atoms with Gasteiger partial charge in [0.25, 0.3) is 0 Å². The van der Waals surface area contributed by atoms with Gasteiger partial charge in [-0.2, -0.15) is 10.4 Å². The molecule has 2 unspecified atom stereocenters. The van der Waals surface area contributed by atoms with Crippen molar-refractivity contribution in [1.29, 1.82) is 5.26 Å². The van der Waals surface area contributed by atoms with E-state index in [-0.39, 0.29) is 5.92 Å². The fourth-order valence-electron chi connectivity index (χ4n) is 3.40. The van der Waals surface area contributed by atoms with Crippen molar-refractivity contribution in [2.75, 3.05) is 0 Å². The third kappa shape index (κ3) is 3.50. The first-order chi connectivity index (χ1) is 13.2. The molecule has 2 aromatic carbocycles. The average molecular weight is 392 g/mol. The van der Waals surface area contributed by atoms with Crippen LogP contribution >= 0.6 is 23.4 Å². The van der Waals surface area contributed by atoms with Crippen LogP contribution in [0.15, 0.2) is 64.5 Å². The van der Waals surface area contributed by atoms with Gasteiger partial charge in [0.05, 0.1) is 22.9 Å². The van der Waals surface area contributed by atoms with Crippen molar-refractivity contribution in [3.8, 4) is 17.3 Å². The number of nitrogens with zero attached hydrogens (tertiary/aromatic N) is 3. The molecule has 0 aliphatic heterocycles. The van der Waals surface area contributed by atoms with Gasteiger partial charge < -0.3 is 0 Å². The number of halogens is 1. The van der Waals surface area contributed by atoms with E-state index in [9.17, 15) is 0 Å². The van der Waals surface area contributed by atoms with Crippen LogP contribution in [0.4, 0.5) is 0 Å². The van der Waals surface area contributed by atoms with Crippen LogP contribution in [0.1, 0.15) is 36.8 Å². The maximum Gasteiger partial charge on any atom is 0.106 e. The molecule has 2 aliphatic rings. The highest BCUT2D eigenvalue weighted by atomic mass is 35.5. The first-order valence-corrected chi connectivity index (χ1v) is 10.4. The second-order valence-corrected chi connectivity index (χ2v) is 8.86. The lowest BCUT2D eigenvalue weighted by Crippen LogP contribution is -1.93. The second kappa shape index (κ2) is 6.74. The van der Waals surface area contributed by atoms with E-state index in [1.807, 2.05) is 24.3 Å². The Kier molecular flexibility index (Phi) is 4.22. The van der Waals surface area contributed by atoms with Crippen LogP contribution in [-0.4, -0.2) is 9.78 Å². The predicted molar refractivity (Wildman–Crippen MR) is 108 cm³/mol. The summed E-state index contributed by atoms with van der Waals surface area (Å²) in [6, 6.07) is 19.5. The molecule has 0 N–H and O–H groups in total. The van der Waals surface area contributed by atoms with E-state index in [2.05, 4.69) is 41.2 Å². The summed E-state index contributed by atoms with van der Waals surface area (Å²) in [6.07, 6.45) is 5.58. The van der Waals surface area contributed by atoms with Crippen molar-refractivity contribution in [3.05, 3.63) is 65.3 Å². The summed E-state index contributed by atoms with van der Waals surface area (Å²) in [5.74, 6) is 0.608. The molecule has 3 nitrogen and oxygen atoms in total. The largest absolute Gasteiger partial charge is 0.268 e. The Morgan fingerprint density at radius 3 is 2.44 bits per heavy atom. The zero-order chi connectivity index (χ0) is 18.4. The van der Waals surface area contributed by atoms with Crippen molar-refractivity contribution in [2.45, 2.75) is 41.0 Å². The number of benzene rings is 2. The molecule has 3 aromatic rings. The highest BCUT2D eigenvalue weighted by molar-refractivity contribution is 7.99. The van der Waals surface area contributed by atoms with Gasteiger partial charge in [-0.1, -0.05) is 47.6 Å². The van der Waals surface area contributed by atoms with Gasteiger partial charge in [0.1, 0.15) is 5.69 Å². The van der Waals surface area contributed by atoms with E-state index in [1.165, 1.54) is 23.3 Å². The Labute approximate surface area is 168 Å². The molecule has 134 valence electrons. The van der Waals surface area contributed by atoms with Crippen molar-refractivity contribution in [2.24, 2.45) is 5.92 Å². The average Bonchev–Trinajstić information content (AvgIpc) is 3.61. The third-order valence-corrected chi connectivity index (χ3v) is 6.51. The Hall–Kier alpha value is -2.22. The Bertz CT molecular complexity index is 1010. The molecular formula is C22H18ClN3S. The highest BCUT2D eigenvalue weighted by Crippen LogP contribution is 2.47. The zero-order valence-electron chi connectivity index (χ0n) is 14.7. The quantitative estimate of drug-likeness (QED) is 0.511. The summed E-state index contributed by atoms with van der Waals surface area (Å²) in [5.41, 5.74) is 3.42. The molecule has 5 rings (SSSR count). The lowest BCUT2D eigenvalue weighted by Gasteiger charge is -2.04. The van der Waals surface area contributed by atoms with Crippen LogP contribution in [0, 0.1) is 17.2 Å². The molecular weight excluding hydrogens is 374 g/mol. The SMILES string of the molecule is N#CC1CC1c1ccc(-c2nn(C3CC3)cc2Sc2ccc(Cl)cc2)cc1. The van der Waals surface area contributed by atoms with Crippen molar-refractivity contribution >= 4 is 23.4 Å². The summed E-state index contributed by atoms with van der Waals surface area (Å²) in [7, 11) is 0. The molecule has 0 spiro atoms. The van der Waals surface area contributed by atoms with Crippen LogP contribution in [0.25, 0.3) is 11.3 Å². The molecule has 2 fully saturated rings. The summed E-state index contributed by atoms with van der Waals surface area (Å²) >= 11 is 7.74. The molecule has 5 heteroatoms. The maximum atomic E-state index is 9.05. The third-order valence-electron chi connectivity index (χ3n) is 5.23. The van der Waals surface area contributed by atoms with Gasteiger partial charge in [-0.3, -0.25) is 4.68 Å². The molecule has 0 bridgehead atoms. The normalized spacial score (nSPS) is 21.0. The van der Waals surface area contributed by atoms with Crippen LogP contribution in [0.5, 0.6) is 0 Å². The topological polar surface area (TPSA) is 41.6 Å². The molecule has 1 heterocycles. The second-order valence-electron chi connectivity index (χ2n) is 7.31. The monoisotopic (exact) mass is 391 g/mol. The molecule has 27 heavy (non-hydrogen) atoms.